The molecule has 0 aliphatic carbocycles. The van der Waals surface area contributed by atoms with Crippen LogP contribution < -0.4 is 0 Å². The zero-order valence-electron chi connectivity index (χ0n) is 11.9. The summed E-state index contributed by atoms with van der Waals surface area (Å²) in [5, 5.41) is 10.2. The molecule has 3 rings (SSSR count). The zero-order chi connectivity index (χ0) is 15.5. The van der Waals surface area contributed by atoms with Gasteiger partial charge in [0.05, 0.1) is 23.9 Å². The molecule has 22 heavy (non-hydrogen) atoms. The van der Waals surface area contributed by atoms with Crippen molar-refractivity contribution in [3.8, 4) is 0 Å². The SMILES string of the molecule is O=C(c1ccncc1F)N1CC[C@@H](O)[C@H]1Cc1cccnc1. The van der Waals surface area contributed by atoms with Gasteiger partial charge in [0.25, 0.3) is 5.91 Å². The Morgan fingerprint density at radius 2 is 2.14 bits per heavy atom. The van der Waals surface area contributed by atoms with Gasteiger partial charge in [-0.1, -0.05) is 6.07 Å². The second kappa shape index (κ2) is 6.19. The molecule has 1 fully saturated rings. The Balaban J connectivity index is 1.83. The summed E-state index contributed by atoms with van der Waals surface area (Å²) in [6.45, 7) is 0.409. The average molecular weight is 301 g/mol. The molecule has 5 nitrogen and oxygen atoms in total. The third-order valence-corrected chi connectivity index (χ3v) is 3.94. The van der Waals surface area contributed by atoms with E-state index in [4.69, 9.17) is 0 Å². The molecule has 1 N–H and O–H groups in total. The maximum absolute atomic E-state index is 13.8. The van der Waals surface area contributed by atoms with Gasteiger partial charge in [0, 0.05) is 25.1 Å². The Kier molecular flexibility index (Phi) is 4.11. The number of hydrogen-bond acceptors (Lipinski definition) is 4. The van der Waals surface area contributed by atoms with Gasteiger partial charge in [-0.25, -0.2) is 4.39 Å². The summed E-state index contributed by atoms with van der Waals surface area (Å²) < 4.78 is 13.8. The molecule has 0 radical (unpaired) electrons. The fraction of sp³-hybridized carbons (Fsp3) is 0.312. The van der Waals surface area contributed by atoms with Crippen LogP contribution in [0.4, 0.5) is 4.39 Å². The number of carbonyl (C=O) groups excluding carboxylic acids is 1. The van der Waals surface area contributed by atoms with E-state index in [1.165, 1.54) is 17.2 Å². The molecule has 114 valence electrons. The highest BCUT2D eigenvalue weighted by molar-refractivity contribution is 5.94. The Hall–Kier alpha value is -2.34. The van der Waals surface area contributed by atoms with Crippen molar-refractivity contribution in [1.82, 2.24) is 14.9 Å². The van der Waals surface area contributed by atoms with Crippen LogP contribution in [0, 0.1) is 5.82 Å². The van der Waals surface area contributed by atoms with Gasteiger partial charge in [-0.2, -0.15) is 0 Å². The first kappa shape index (κ1) is 14.6. The normalized spacial score (nSPS) is 21.1. The number of hydrogen-bond donors (Lipinski definition) is 1. The van der Waals surface area contributed by atoms with Crippen molar-refractivity contribution in [1.29, 1.82) is 0 Å². The van der Waals surface area contributed by atoms with Gasteiger partial charge < -0.3 is 10.0 Å². The summed E-state index contributed by atoms with van der Waals surface area (Å²) in [6, 6.07) is 4.70. The molecule has 2 aromatic heterocycles. The summed E-state index contributed by atoms with van der Waals surface area (Å²) in [7, 11) is 0. The van der Waals surface area contributed by atoms with Crippen LogP contribution in [0.5, 0.6) is 0 Å². The van der Waals surface area contributed by atoms with E-state index in [2.05, 4.69) is 9.97 Å². The predicted molar refractivity (Wildman–Crippen MR) is 77.6 cm³/mol. The maximum Gasteiger partial charge on any atom is 0.257 e. The van der Waals surface area contributed by atoms with Crippen molar-refractivity contribution in [3.63, 3.8) is 0 Å². The van der Waals surface area contributed by atoms with Gasteiger partial charge in [0.1, 0.15) is 0 Å². The number of aromatic nitrogens is 2. The second-order valence-electron chi connectivity index (χ2n) is 5.34. The van der Waals surface area contributed by atoms with E-state index >= 15 is 0 Å². The third kappa shape index (κ3) is 2.82. The van der Waals surface area contributed by atoms with Gasteiger partial charge in [0.2, 0.25) is 0 Å². The molecule has 2 aromatic rings. The van der Waals surface area contributed by atoms with Crippen LogP contribution in [0.25, 0.3) is 0 Å². The molecular weight excluding hydrogens is 285 g/mol. The quantitative estimate of drug-likeness (QED) is 0.931. The Morgan fingerprint density at radius 3 is 2.86 bits per heavy atom. The van der Waals surface area contributed by atoms with Gasteiger partial charge in [-0.05, 0) is 30.5 Å². The molecular formula is C16H16FN3O2. The predicted octanol–water partition coefficient (Wildman–Crippen LogP) is 1.43. The Bertz CT molecular complexity index is 665. The van der Waals surface area contributed by atoms with E-state index in [1.54, 1.807) is 12.4 Å². The van der Waals surface area contributed by atoms with Crippen LogP contribution >= 0.6 is 0 Å². The fourth-order valence-electron chi connectivity index (χ4n) is 2.80. The van der Waals surface area contributed by atoms with E-state index in [-0.39, 0.29) is 11.6 Å². The standard InChI is InChI=1S/C16H16FN3O2/c17-13-10-19-6-3-12(13)16(22)20-7-4-15(21)14(20)8-11-2-1-5-18-9-11/h1-3,5-6,9-10,14-15,21H,4,7-8H2/t14-,15-/m1/s1. The van der Waals surface area contributed by atoms with Crippen molar-refractivity contribution < 1.29 is 14.3 Å². The van der Waals surface area contributed by atoms with E-state index in [9.17, 15) is 14.3 Å². The summed E-state index contributed by atoms with van der Waals surface area (Å²) >= 11 is 0. The van der Waals surface area contributed by atoms with Crippen LogP contribution in [-0.2, 0) is 6.42 Å². The number of likely N-dealkylation sites (tertiary alicyclic amines) is 1. The highest BCUT2D eigenvalue weighted by Gasteiger charge is 2.37. The van der Waals surface area contributed by atoms with Crippen molar-refractivity contribution in [3.05, 3.63) is 59.9 Å². The number of rotatable bonds is 3. The van der Waals surface area contributed by atoms with Crippen LogP contribution in [0.15, 0.2) is 43.0 Å². The molecule has 6 heteroatoms. The first-order valence-corrected chi connectivity index (χ1v) is 7.14. The van der Waals surface area contributed by atoms with Gasteiger partial charge in [0.15, 0.2) is 5.82 Å². The molecule has 2 atom stereocenters. The molecule has 0 aromatic carbocycles. The lowest BCUT2D eigenvalue weighted by atomic mass is 10.0. The van der Waals surface area contributed by atoms with E-state index in [0.29, 0.717) is 19.4 Å². The minimum Gasteiger partial charge on any atom is -0.391 e. The van der Waals surface area contributed by atoms with Crippen molar-refractivity contribution in [2.75, 3.05) is 6.54 Å². The highest BCUT2D eigenvalue weighted by atomic mass is 19.1. The summed E-state index contributed by atoms with van der Waals surface area (Å²) in [5.74, 6) is -1.06. The van der Waals surface area contributed by atoms with E-state index < -0.39 is 17.8 Å². The number of pyridine rings is 2. The van der Waals surface area contributed by atoms with Gasteiger partial charge >= 0.3 is 0 Å². The van der Waals surface area contributed by atoms with Crippen LogP contribution in [0.1, 0.15) is 22.3 Å². The molecule has 0 unspecified atom stereocenters. The lowest BCUT2D eigenvalue weighted by Crippen LogP contribution is -2.41. The number of carbonyl (C=O) groups is 1. The smallest absolute Gasteiger partial charge is 0.257 e. The van der Waals surface area contributed by atoms with E-state index in [1.807, 2.05) is 12.1 Å². The zero-order valence-corrected chi connectivity index (χ0v) is 11.9. The molecule has 0 saturated carbocycles. The second-order valence-corrected chi connectivity index (χ2v) is 5.34. The molecule has 1 aliphatic rings. The minimum absolute atomic E-state index is 0.0136. The number of aliphatic hydroxyl groups is 1. The number of amides is 1. The number of nitrogens with zero attached hydrogens (tertiary/aromatic N) is 3. The highest BCUT2D eigenvalue weighted by Crippen LogP contribution is 2.24. The number of halogens is 1. The molecule has 1 saturated heterocycles. The first-order valence-electron chi connectivity index (χ1n) is 7.14. The Morgan fingerprint density at radius 1 is 1.32 bits per heavy atom. The lowest BCUT2D eigenvalue weighted by molar-refractivity contribution is 0.0635. The van der Waals surface area contributed by atoms with Gasteiger partial charge in [-0.3, -0.25) is 14.8 Å². The van der Waals surface area contributed by atoms with E-state index in [0.717, 1.165) is 11.8 Å². The number of aliphatic hydroxyl groups excluding tert-OH is 1. The van der Waals surface area contributed by atoms with Crippen LogP contribution in [0.3, 0.4) is 0 Å². The summed E-state index contributed by atoms with van der Waals surface area (Å²) in [6.07, 6.45) is 6.16. The fourth-order valence-corrected chi connectivity index (χ4v) is 2.80. The Labute approximate surface area is 127 Å². The molecule has 1 aliphatic heterocycles. The summed E-state index contributed by atoms with van der Waals surface area (Å²) in [5.41, 5.74) is 0.918. The molecule has 0 spiro atoms. The van der Waals surface area contributed by atoms with Gasteiger partial charge in [-0.15, -0.1) is 0 Å². The van der Waals surface area contributed by atoms with Crippen LogP contribution in [-0.4, -0.2) is 44.6 Å². The first-order chi connectivity index (χ1) is 10.7. The lowest BCUT2D eigenvalue weighted by Gasteiger charge is -2.26. The van der Waals surface area contributed by atoms with Crippen molar-refractivity contribution in [2.24, 2.45) is 0 Å². The molecule has 3 heterocycles. The summed E-state index contributed by atoms with van der Waals surface area (Å²) in [4.78, 5) is 21.8. The van der Waals surface area contributed by atoms with Crippen molar-refractivity contribution in [2.45, 2.75) is 25.0 Å². The monoisotopic (exact) mass is 301 g/mol. The minimum atomic E-state index is -0.644. The van der Waals surface area contributed by atoms with Crippen LogP contribution in [0.2, 0.25) is 0 Å². The molecule has 0 bridgehead atoms. The average Bonchev–Trinajstić information content (AvgIpc) is 2.89. The third-order valence-electron chi connectivity index (χ3n) is 3.94. The topological polar surface area (TPSA) is 66.3 Å². The van der Waals surface area contributed by atoms with Crippen molar-refractivity contribution >= 4 is 5.91 Å². The molecule has 1 amide bonds. The largest absolute Gasteiger partial charge is 0.391 e. The maximum atomic E-state index is 13.8.